The van der Waals surface area contributed by atoms with Crippen molar-refractivity contribution >= 4 is 19.7 Å². The van der Waals surface area contributed by atoms with Crippen LogP contribution in [0.15, 0.2) is 18.2 Å². The zero-order valence-electron chi connectivity index (χ0n) is 8.96. The van der Waals surface area contributed by atoms with Gasteiger partial charge in [0.25, 0.3) is 0 Å². The number of halogens is 1. The molecule has 0 aliphatic carbocycles. The summed E-state index contributed by atoms with van der Waals surface area (Å²) >= 11 is 0. The first kappa shape index (κ1) is 12.5. The molecule has 4 heteroatoms. The molecule has 0 amide bonds. The SMILES string of the molecule is CCCc1ccc(C)c(CS(=O)(=O)Cl)c1. The Morgan fingerprint density at radius 2 is 2.00 bits per heavy atom. The average Bonchev–Trinajstić information content (AvgIpc) is 2.09. The predicted octanol–water partition coefficient (Wildman–Crippen LogP) is 3.02. The average molecular weight is 247 g/mol. The summed E-state index contributed by atoms with van der Waals surface area (Å²) in [5.74, 6) is -0.0854. The molecule has 0 aliphatic rings. The van der Waals surface area contributed by atoms with Gasteiger partial charge in [0.1, 0.15) is 0 Å². The molecule has 0 aliphatic heterocycles. The van der Waals surface area contributed by atoms with Gasteiger partial charge in [0.15, 0.2) is 0 Å². The molecule has 0 saturated heterocycles. The van der Waals surface area contributed by atoms with Gasteiger partial charge in [-0.05, 0) is 30.0 Å². The summed E-state index contributed by atoms with van der Waals surface area (Å²) in [5.41, 5.74) is 2.94. The molecule has 0 N–H and O–H groups in total. The third-order valence-corrected chi connectivity index (χ3v) is 3.26. The summed E-state index contributed by atoms with van der Waals surface area (Å²) in [7, 11) is 1.78. The van der Waals surface area contributed by atoms with E-state index in [1.165, 1.54) is 5.56 Å². The Morgan fingerprint density at radius 3 is 2.53 bits per heavy atom. The Balaban J connectivity index is 3.00. The van der Waals surface area contributed by atoms with Gasteiger partial charge in [-0.15, -0.1) is 0 Å². The van der Waals surface area contributed by atoms with Crippen molar-refractivity contribution in [2.24, 2.45) is 0 Å². The zero-order valence-corrected chi connectivity index (χ0v) is 10.5. The summed E-state index contributed by atoms with van der Waals surface area (Å²) < 4.78 is 22.0. The molecule has 0 bridgehead atoms. The highest BCUT2D eigenvalue weighted by molar-refractivity contribution is 8.13. The van der Waals surface area contributed by atoms with Crippen molar-refractivity contribution < 1.29 is 8.42 Å². The van der Waals surface area contributed by atoms with Gasteiger partial charge in [-0.3, -0.25) is 0 Å². The molecule has 1 aromatic carbocycles. The largest absolute Gasteiger partial charge is 0.236 e. The number of hydrogen-bond donors (Lipinski definition) is 0. The molecule has 84 valence electrons. The van der Waals surface area contributed by atoms with Crippen LogP contribution in [0.2, 0.25) is 0 Å². The maximum Gasteiger partial charge on any atom is 0.236 e. The van der Waals surface area contributed by atoms with Gasteiger partial charge in [-0.25, -0.2) is 8.42 Å². The molecule has 0 atom stereocenters. The second-order valence-electron chi connectivity index (χ2n) is 3.69. The highest BCUT2D eigenvalue weighted by Crippen LogP contribution is 2.17. The summed E-state index contributed by atoms with van der Waals surface area (Å²) in [6.45, 7) is 3.99. The second kappa shape index (κ2) is 4.99. The van der Waals surface area contributed by atoms with E-state index in [1.807, 2.05) is 25.1 Å². The number of hydrogen-bond acceptors (Lipinski definition) is 2. The van der Waals surface area contributed by atoms with E-state index >= 15 is 0 Å². The van der Waals surface area contributed by atoms with Crippen molar-refractivity contribution in [2.75, 3.05) is 0 Å². The molecule has 0 spiro atoms. The summed E-state index contributed by atoms with van der Waals surface area (Å²) in [6.07, 6.45) is 2.02. The molecule has 2 nitrogen and oxygen atoms in total. The first-order valence-corrected chi connectivity index (χ1v) is 7.41. The fourth-order valence-corrected chi connectivity index (χ4v) is 2.55. The lowest BCUT2D eigenvalue weighted by Crippen LogP contribution is -1.99. The minimum atomic E-state index is -3.46. The zero-order chi connectivity index (χ0) is 11.5. The maximum absolute atomic E-state index is 11.0. The van der Waals surface area contributed by atoms with E-state index in [9.17, 15) is 8.42 Å². The predicted molar refractivity (Wildman–Crippen MR) is 63.7 cm³/mol. The van der Waals surface area contributed by atoms with Gasteiger partial charge in [0, 0.05) is 10.7 Å². The highest BCUT2D eigenvalue weighted by atomic mass is 35.7. The summed E-state index contributed by atoms with van der Waals surface area (Å²) in [5, 5.41) is 0. The monoisotopic (exact) mass is 246 g/mol. The fraction of sp³-hybridized carbons (Fsp3) is 0.455. The standard InChI is InChI=1S/C11H15ClO2S/c1-3-4-10-6-5-9(2)11(7-10)8-15(12,13)14/h5-7H,3-4,8H2,1-2H3. The fourth-order valence-electron chi connectivity index (χ4n) is 1.51. The van der Waals surface area contributed by atoms with Crippen molar-refractivity contribution in [3.8, 4) is 0 Å². The van der Waals surface area contributed by atoms with Crippen LogP contribution in [0.25, 0.3) is 0 Å². The van der Waals surface area contributed by atoms with Gasteiger partial charge in [-0.2, -0.15) is 0 Å². The van der Waals surface area contributed by atoms with E-state index in [1.54, 1.807) is 0 Å². The molecule has 0 heterocycles. The normalized spacial score (nSPS) is 11.7. The molecule has 0 unspecified atom stereocenters. The summed E-state index contributed by atoms with van der Waals surface area (Å²) in [6, 6.07) is 5.91. The van der Waals surface area contributed by atoms with Crippen molar-refractivity contribution in [1.29, 1.82) is 0 Å². The summed E-state index contributed by atoms with van der Waals surface area (Å²) in [4.78, 5) is 0. The topological polar surface area (TPSA) is 34.1 Å². The Kier molecular flexibility index (Phi) is 4.17. The van der Waals surface area contributed by atoms with Gasteiger partial charge in [0.05, 0.1) is 5.75 Å². The molecule has 0 aromatic heterocycles. The second-order valence-corrected chi connectivity index (χ2v) is 6.47. The van der Waals surface area contributed by atoms with Crippen molar-refractivity contribution in [2.45, 2.75) is 32.4 Å². The van der Waals surface area contributed by atoms with Crippen LogP contribution in [-0.2, 0) is 21.2 Å². The molecule has 15 heavy (non-hydrogen) atoms. The van der Waals surface area contributed by atoms with Gasteiger partial charge in [-0.1, -0.05) is 31.5 Å². The Hall–Kier alpha value is -0.540. The van der Waals surface area contributed by atoms with Gasteiger partial charge < -0.3 is 0 Å². The molecule has 0 saturated carbocycles. The van der Waals surface area contributed by atoms with Crippen molar-refractivity contribution in [1.82, 2.24) is 0 Å². The van der Waals surface area contributed by atoms with Crippen LogP contribution >= 0.6 is 10.7 Å². The smallest absolute Gasteiger partial charge is 0.212 e. The third-order valence-electron chi connectivity index (χ3n) is 2.28. The van der Waals surface area contributed by atoms with Crippen LogP contribution in [-0.4, -0.2) is 8.42 Å². The maximum atomic E-state index is 11.0. The van der Waals surface area contributed by atoms with Crippen LogP contribution in [0.4, 0.5) is 0 Å². The van der Waals surface area contributed by atoms with Crippen LogP contribution in [0.5, 0.6) is 0 Å². The number of benzene rings is 1. The quantitative estimate of drug-likeness (QED) is 0.766. The minimum absolute atomic E-state index is 0.0854. The van der Waals surface area contributed by atoms with Crippen molar-refractivity contribution in [3.63, 3.8) is 0 Å². The van der Waals surface area contributed by atoms with E-state index in [2.05, 4.69) is 6.92 Å². The minimum Gasteiger partial charge on any atom is -0.212 e. The van der Waals surface area contributed by atoms with Crippen LogP contribution in [0.1, 0.15) is 30.0 Å². The van der Waals surface area contributed by atoms with E-state index in [0.29, 0.717) is 0 Å². The van der Waals surface area contributed by atoms with Crippen molar-refractivity contribution in [3.05, 3.63) is 34.9 Å². The van der Waals surface area contributed by atoms with E-state index in [4.69, 9.17) is 10.7 Å². The molecule has 0 radical (unpaired) electrons. The lowest BCUT2D eigenvalue weighted by atomic mass is 10.0. The first-order valence-electron chi connectivity index (χ1n) is 4.93. The Morgan fingerprint density at radius 1 is 1.33 bits per heavy atom. The van der Waals surface area contributed by atoms with E-state index < -0.39 is 9.05 Å². The van der Waals surface area contributed by atoms with E-state index in [0.717, 1.165) is 24.0 Å². The Labute approximate surface area is 95.7 Å². The van der Waals surface area contributed by atoms with Crippen LogP contribution in [0, 0.1) is 6.92 Å². The van der Waals surface area contributed by atoms with Gasteiger partial charge in [0.2, 0.25) is 9.05 Å². The Bertz CT molecular complexity index is 438. The van der Waals surface area contributed by atoms with Gasteiger partial charge >= 0.3 is 0 Å². The lowest BCUT2D eigenvalue weighted by molar-refractivity contribution is 0.608. The highest BCUT2D eigenvalue weighted by Gasteiger charge is 2.09. The molecule has 1 rings (SSSR count). The molecular formula is C11H15ClO2S. The number of rotatable bonds is 4. The third kappa shape index (κ3) is 4.22. The molecule has 0 fully saturated rings. The molecule has 1 aromatic rings. The van der Waals surface area contributed by atoms with Crippen LogP contribution in [0.3, 0.4) is 0 Å². The number of aryl methyl sites for hydroxylation is 2. The first-order chi connectivity index (χ1) is 6.92. The molecular weight excluding hydrogens is 232 g/mol. The lowest BCUT2D eigenvalue weighted by Gasteiger charge is -2.06. The van der Waals surface area contributed by atoms with E-state index in [-0.39, 0.29) is 5.75 Å². The van der Waals surface area contributed by atoms with Crippen LogP contribution < -0.4 is 0 Å².